The number of hydrogen-bond donors (Lipinski definition) is 1. The van der Waals surface area contributed by atoms with Crippen LogP contribution in [0.3, 0.4) is 0 Å². The second kappa shape index (κ2) is 6.29. The quantitative estimate of drug-likeness (QED) is 0.725. The third kappa shape index (κ3) is 2.51. The van der Waals surface area contributed by atoms with Crippen LogP contribution in [-0.2, 0) is 6.54 Å². The zero-order valence-corrected chi connectivity index (χ0v) is 15.7. The van der Waals surface area contributed by atoms with Crippen molar-refractivity contribution in [3.63, 3.8) is 0 Å². The monoisotopic (exact) mass is 401 g/mol. The molecule has 3 aromatic rings. The van der Waals surface area contributed by atoms with Gasteiger partial charge in [0.1, 0.15) is 5.69 Å². The predicted molar refractivity (Wildman–Crippen MR) is 100 cm³/mol. The predicted octanol–water partition coefficient (Wildman–Crippen LogP) is 3.36. The van der Waals surface area contributed by atoms with Gasteiger partial charge in [0.25, 0.3) is 0 Å². The smallest absolute Gasteiger partial charge is 0.329 e. The van der Waals surface area contributed by atoms with Crippen LogP contribution in [0.15, 0.2) is 18.5 Å². The van der Waals surface area contributed by atoms with Gasteiger partial charge >= 0.3 is 6.03 Å². The minimum Gasteiger partial charge on any atom is -0.493 e. The van der Waals surface area contributed by atoms with Crippen LogP contribution < -0.4 is 19.3 Å². The molecule has 1 fully saturated rings. The first-order valence-corrected chi connectivity index (χ1v) is 9.06. The van der Waals surface area contributed by atoms with Crippen molar-refractivity contribution in [2.45, 2.75) is 25.4 Å². The SMILES string of the molecule is COc1cc(OC)c(F)c(N2Cc3cnc4[nH]ncc4c3N(C3CC3)C2=O)c1F. The highest BCUT2D eigenvalue weighted by Gasteiger charge is 2.43. The number of urea groups is 1. The number of rotatable bonds is 4. The highest BCUT2D eigenvalue weighted by molar-refractivity contribution is 6.11. The van der Waals surface area contributed by atoms with Crippen LogP contribution in [0, 0.1) is 11.6 Å². The third-order valence-electron chi connectivity index (χ3n) is 5.27. The van der Waals surface area contributed by atoms with Gasteiger partial charge in [-0.05, 0) is 12.8 Å². The van der Waals surface area contributed by atoms with Crippen LogP contribution in [0.25, 0.3) is 11.0 Å². The van der Waals surface area contributed by atoms with Crippen molar-refractivity contribution >= 4 is 28.4 Å². The zero-order valence-electron chi connectivity index (χ0n) is 15.7. The summed E-state index contributed by atoms with van der Waals surface area (Å²) in [6.07, 6.45) is 4.83. The Hall–Kier alpha value is -3.43. The third-order valence-corrected chi connectivity index (χ3v) is 5.27. The molecular formula is C19H17F2N5O3. The number of methoxy groups -OCH3 is 2. The number of benzene rings is 1. The highest BCUT2D eigenvalue weighted by Crippen LogP contribution is 2.45. The Kier molecular flexibility index (Phi) is 3.83. The highest BCUT2D eigenvalue weighted by atomic mass is 19.1. The molecule has 0 saturated heterocycles. The first kappa shape index (κ1) is 17.7. The minimum absolute atomic E-state index is 0.0387. The average Bonchev–Trinajstić information content (AvgIpc) is 3.44. The fourth-order valence-electron chi connectivity index (χ4n) is 3.75. The molecule has 2 amide bonds. The number of ether oxygens (including phenoxy) is 2. The molecule has 0 bridgehead atoms. The maximum absolute atomic E-state index is 15.1. The Labute approximate surface area is 164 Å². The van der Waals surface area contributed by atoms with Crippen molar-refractivity contribution in [1.82, 2.24) is 15.2 Å². The van der Waals surface area contributed by atoms with Crippen molar-refractivity contribution < 1.29 is 23.0 Å². The number of H-pyrrole nitrogens is 1. The summed E-state index contributed by atoms with van der Waals surface area (Å²) < 4.78 is 40.2. The van der Waals surface area contributed by atoms with E-state index >= 15 is 8.78 Å². The molecule has 8 nitrogen and oxygen atoms in total. The van der Waals surface area contributed by atoms with E-state index in [4.69, 9.17) is 9.47 Å². The van der Waals surface area contributed by atoms with Gasteiger partial charge in [-0.25, -0.2) is 18.6 Å². The second-order valence-corrected chi connectivity index (χ2v) is 6.99. The van der Waals surface area contributed by atoms with Gasteiger partial charge in [0.05, 0.1) is 38.0 Å². The standard InChI is InChI=1S/C19H17F2N5O3/c1-28-12-5-13(29-2)15(21)17(14(12)20)25-8-9-6-22-18-11(7-23-24-18)16(9)26(19(25)27)10-3-4-10/h5-7,10H,3-4,8H2,1-2H3,(H,22,23,24). The van der Waals surface area contributed by atoms with Gasteiger partial charge in [-0.3, -0.25) is 14.9 Å². The van der Waals surface area contributed by atoms with E-state index in [9.17, 15) is 4.79 Å². The number of nitrogens with zero attached hydrogens (tertiary/aromatic N) is 4. The van der Waals surface area contributed by atoms with Gasteiger partial charge in [0.15, 0.2) is 28.8 Å². The van der Waals surface area contributed by atoms with E-state index < -0.39 is 23.4 Å². The van der Waals surface area contributed by atoms with E-state index in [-0.39, 0.29) is 24.1 Å². The van der Waals surface area contributed by atoms with Gasteiger partial charge < -0.3 is 9.47 Å². The normalized spacial score (nSPS) is 16.3. The van der Waals surface area contributed by atoms with Crippen LogP contribution in [0.5, 0.6) is 11.5 Å². The number of fused-ring (bicyclic) bond motifs is 3. The molecular weight excluding hydrogens is 384 g/mol. The Morgan fingerprint density at radius 3 is 2.41 bits per heavy atom. The molecule has 150 valence electrons. The van der Waals surface area contributed by atoms with E-state index in [1.54, 1.807) is 17.3 Å². The number of pyridine rings is 1. The summed E-state index contributed by atoms with van der Waals surface area (Å²) in [5.41, 5.74) is 1.40. The molecule has 10 heteroatoms. The lowest BCUT2D eigenvalue weighted by Gasteiger charge is -2.37. The van der Waals surface area contributed by atoms with Crippen molar-refractivity contribution in [3.8, 4) is 11.5 Å². The number of hydrogen-bond acceptors (Lipinski definition) is 5. The van der Waals surface area contributed by atoms with Gasteiger partial charge in [-0.2, -0.15) is 5.10 Å². The maximum Gasteiger partial charge on any atom is 0.329 e. The fourth-order valence-corrected chi connectivity index (χ4v) is 3.75. The van der Waals surface area contributed by atoms with E-state index in [2.05, 4.69) is 15.2 Å². The zero-order chi connectivity index (χ0) is 20.3. The lowest BCUT2D eigenvalue weighted by atomic mass is 10.1. The maximum atomic E-state index is 15.1. The lowest BCUT2D eigenvalue weighted by Crippen LogP contribution is -2.49. The molecule has 1 N–H and O–H groups in total. The van der Waals surface area contributed by atoms with Crippen LogP contribution in [0.4, 0.5) is 25.0 Å². The summed E-state index contributed by atoms with van der Waals surface area (Å²) in [5.74, 6) is -2.34. The number of anilines is 2. The summed E-state index contributed by atoms with van der Waals surface area (Å²) in [6, 6.07) is 0.566. The summed E-state index contributed by atoms with van der Waals surface area (Å²) in [7, 11) is 2.53. The Balaban J connectivity index is 1.71. The van der Waals surface area contributed by atoms with Crippen molar-refractivity contribution in [3.05, 3.63) is 35.7 Å². The molecule has 0 radical (unpaired) electrons. The topological polar surface area (TPSA) is 83.6 Å². The Morgan fingerprint density at radius 1 is 1.10 bits per heavy atom. The lowest BCUT2D eigenvalue weighted by molar-refractivity contribution is 0.249. The summed E-state index contributed by atoms with van der Waals surface area (Å²) in [5, 5.41) is 7.50. The average molecular weight is 401 g/mol. The molecule has 0 atom stereocenters. The first-order chi connectivity index (χ1) is 14.0. The molecule has 0 unspecified atom stereocenters. The van der Waals surface area contributed by atoms with Gasteiger partial charge in [0.2, 0.25) is 0 Å². The second-order valence-electron chi connectivity index (χ2n) is 6.99. The fraction of sp³-hybridized carbons (Fsp3) is 0.316. The van der Waals surface area contributed by atoms with Crippen molar-refractivity contribution in [2.24, 2.45) is 0 Å². The molecule has 5 rings (SSSR count). The van der Waals surface area contributed by atoms with Gasteiger partial charge in [0, 0.05) is 23.9 Å². The van der Waals surface area contributed by atoms with Crippen LogP contribution in [0.1, 0.15) is 18.4 Å². The molecule has 1 aliphatic heterocycles. The number of halogens is 2. The molecule has 2 aromatic heterocycles. The number of nitrogens with one attached hydrogen (secondary N) is 1. The van der Waals surface area contributed by atoms with E-state index in [1.807, 2.05) is 0 Å². The molecule has 29 heavy (non-hydrogen) atoms. The van der Waals surface area contributed by atoms with Gasteiger partial charge in [-0.1, -0.05) is 0 Å². The molecule has 1 aromatic carbocycles. The Bertz CT molecular complexity index is 1120. The number of carbonyl (C=O) groups is 1. The number of aromatic amines is 1. The summed E-state index contributed by atoms with van der Waals surface area (Å²) in [4.78, 5) is 20.4. The van der Waals surface area contributed by atoms with Crippen LogP contribution >= 0.6 is 0 Å². The molecule has 1 saturated carbocycles. The van der Waals surface area contributed by atoms with Crippen LogP contribution in [-0.4, -0.2) is 41.5 Å². The molecule has 0 spiro atoms. The van der Waals surface area contributed by atoms with E-state index in [1.165, 1.54) is 14.2 Å². The molecule has 1 aliphatic carbocycles. The summed E-state index contributed by atoms with van der Waals surface area (Å²) >= 11 is 0. The first-order valence-electron chi connectivity index (χ1n) is 9.06. The Morgan fingerprint density at radius 2 is 1.79 bits per heavy atom. The van der Waals surface area contributed by atoms with E-state index in [0.717, 1.165) is 23.8 Å². The van der Waals surface area contributed by atoms with Crippen LogP contribution in [0.2, 0.25) is 0 Å². The number of amides is 2. The van der Waals surface area contributed by atoms with Crippen molar-refractivity contribution in [1.29, 1.82) is 0 Å². The number of aromatic nitrogens is 3. The summed E-state index contributed by atoms with van der Waals surface area (Å²) in [6.45, 7) is -0.0460. The van der Waals surface area contributed by atoms with E-state index in [0.29, 0.717) is 22.3 Å². The van der Waals surface area contributed by atoms with Crippen molar-refractivity contribution in [2.75, 3.05) is 24.0 Å². The number of carbonyl (C=O) groups excluding carboxylic acids is 1. The molecule has 3 heterocycles. The molecule has 2 aliphatic rings. The van der Waals surface area contributed by atoms with Gasteiger partial charge in [-0.15, -0.1) is 0 Å². The largest absolute Gasteiger partial charge is 0.493 e. The minimum atomic E-state index is -0.962.